The summed E-state index contributed by atoms with van der Waals surface area (Å²) in [4.78, 5) is 0. The lowest BCUT2D eigenvalue weighted by atomic mass is 10.0. The predicted molar refractivity (Wildman–Crippen MR) is 112 cm³/mol. The van der Waals surface area contributed by atoms with Gasteiger partial charge in [-0.1, -0.05) is 67.2 Å². The molecule has 0 bridgehead atoms. The van der Waals surface area contributed by atoms with Crippen LogP contribution in [0.2, 0.25) is 36.3 Å². The van der Waals surface area contributed by atoms with Crippen LogP contribution in [0.15, 0.2) is 24.3 Å². The topological polar surface area (TPSA) is 18.5 Å². The van der Waals surface area contributed by atoms with Crippen LogP contribution in [0, 0.1) is 5.92 Å². The van der Waals surface area contributed by atoms with E-state index in [-0.39, 0.29) is 22.3 Å². The van der Waals surface area contributed by atoms with Crippen LogP contribution in [0.1, 0.15) is 48.5 Å². The van der Waals surface area contributed by atoms with Crippen molar-refractivity contribution in [2.75, 3.05) is 0 Å². The summed E-state index contributed by atoms with van der Waals surface area (Å²) < 4.78 is 13.4. The van der Waals surface area contributed by atoms with Crippen molar-refractivity contribution >= 4 is 16.6 Å². The average molecular weight is 369 g/mol. The van der Waals surface area contributed by atoms with Crippen LogP contribution in [0.25, 0.3) is 0 Å². The molecule has 0 fully saturated rings. The fraction of sp³-hybridized carbons (Fsp3) is 0.800. The van der Waals surface area contributed by atoms with Crippen LogP contribution in [-0.4, -0.2) is 28.8 Å². The summed E-state index contributed by atoms with van der Waals surface area (Å²) in [5.41, 5.74) is 1.20. The first-order valence-corrected chi connectivity index (χ1v) is 15.0. The molecular formula is C20H40O2Si2. The Labute approximate surface area is 153 Å². The Kier molecular flexibility index (Phi) is 6.25. The van der Waals surface area contributed by atoms with Gasteiger partial charge >= 0.3 is 0 Å². The van der Waals surface area contributed by atoms with E-state index in [0.717, 1.165) is 0 Å². The molecule has 0 heterocycles. The van der Waals surface area contributed by atoms with Gasteiger partial charge in [-0.2, -0.15) is 0 Å². The maximum absolute atomic E-state index is 6.74. The van der Waals surface area contributed by atoms with E-state index in [2.05, 4.69) is 87.3 Å². The molecule has 0 unspecified atom stereocenters. The van der Waals surface area contributed by atoms with Crippen molar-refractivity contribution in [2.24, 2.45) is 5.92 Å². The summed E-state index contributed by atoms with van der Waals surface area (Å²) in [6.07, 6.45) is 4.46. The zero-order chi connectivity index (χ0) is 19.1. The summed E-state index contributed by atoms with van der Waals surface area (Å²) in [6.45, 7) is 29.3. The van der Waals surface area contributed by atoms with Crippen molar-refractivity contribution < 1.29 is 8.85 Å². The van der Waals surface area contributed by atoms with Crippen molar-refractivity contribution in [1.82, 2.24) is 0 Å². The molecule has 1 aliphatic carbocycles. The van der Waals surface area contributed by atoms with Crippen LogP contribution in [0.3, 0.4) is 0 Å². The SMILES string of the molecule is C=CC1=C[C@@H](O[Si](C)(C)C(C)(C)C)[C@H](C)[C@H]1O[Si](C)(C)C(C)(C)C. The van der Waals surface area contributed by atoms with Crippen molar-refractivity contribution in [3.63, 3.8) is 0 Å². The molecule has 0 aromatic carbocycles. The summed E-state index contributed by atoms with van der Waals surface area (Å²) in [6, 6.07) is 0. The lowest BCUT2D eigenvalue weighted by molar-refractivity contribution is 0.0984. The maximum Gasteiger partial charge on any atom is 0.192 e. The van der Waals surface area contributed by atoms with Crippen molar-refractivity contribution in [3.05, 3.63) is 24.3 Å². The molecule has 2 nitrogen and oxygen atoms in total. The molecule has 1 rings (SSSR count). The van der Waals surface area contributed by atoms with Crippen LogP contribution >= 0.6 is 0 Å². The standard InChI is InChI=1S/C20H40O2Si2/c1-13-16-14-17(21-23(9,10)19(3,4)5)15(2)18(16)22-24(11,12)20(6,7)8/h13-15,17-18H,1H2,2-12H3/t15-,17+,18+/m0/s1. The van der Waals surface area contributed by atoms with Crippen LogP contribution < -0.4 is 0 Å². The maximum atomic E-state index is 6.74. The summed E-state index contributed by atoms with van der Waals surface area (Å²) in [5.74, 6) is 0.334. The van der Waals surface area contributed by atoms with Gasteiger partial charge in [-0.15, -0.1) is 0 Å². The summed E-state index contributed by atoms with van der Waals surface area (Å²) in [7, 11) is -3.63. The van der Waals surface area contributed by atoms with E-state index in [4.69, 9.17) is 8.85 Å². The molecule has 1 aliphatic rings. The Morgan fingerprint density at radius 3 is 1.71 bits per heavy atom. The molecule has 3 atom stereocenters. The highest BCUT2D eigenvalue weighted by atomic mass is 28.4. The molecule has 0 amide bonds. The van der Waals surface area contributed by atoms with Crippen LogP contribution in [0.5, 0.6) is 0 Å². The Hall–Kier alpha value is -0.166. The molecule has 0 saturated heterocycles. The lowest BCUT2D eigenvalue weighted by Gasteiger charge is -2.42. The molecule has 0 aliphatic heterocycles. The Balaban J connectivity index is 3.02. The van der Waals surface area contributed by atoms with Gasteiger partial charge in [-0.05, 0) is 41.8 Å². The molecule has 140 valence electrons. The Bertz CT molecular complexity index is 493. The molecular weight excluding hydrogens is 328 g/mol. The van der Waals surface area contributed by atoms with Gasteiger partial charge in [0.1, 0.15) is 0 Å². The Morgan fingerprint density at radius 2 is 1.33 bits per heavy atom. The first kappa shape index (κ1) is 21.9. The van der Waals surface area contributed by atoms with E-state index in [1.165, 1.54) is 5.57 Å². The van der Waals surface area contributed by atoms with Gasteiger partial charge in [0.2, 0.25) is 0 Å². The highest BCUT2D eigenvalue weighted by Gasteiger charge is 2.46. The van der Waals surface area contributed by atoms with E-state index < -0.39 is 16.6 Å². The van der Waals surface area contributed by atoms with Gasteiger partial charge in [-0.3, -0.25) is 0 Å². The second-order valence-corrected chi connectivity index (χ2v) is 19.9. The molecule has 0 aromatic heterocycles. The van der Waals surface area contributed by atoms with Crippen LogP contribution in [0.4, 0.5) is 0 Å². The van der Waals surface area contributed by atoms with E-state index in [9.17, 15) is 0 Å². The molecule has 0 aromatic rings. The fourth-order valence-electron chi connectivity index (χ4n) is 2.42. The molecule has 0 radical (unpaired) electrons. The third-order valence-electron chi connectivity index (χ3n) is 6.38. The monoisotopic (exact) mass is 368 g/mol. The Morgan fingerprint density at radius 1 is 0.917 bits per heavy atom. The first-order valence-electron chi connectivity index (χ1n) is 9.23. The number of rotatable bonds is 5. The lowest BCUT2D eigenvalue weighted by Crippen LogP contribution is -2.48. The minimum Gasteiger partial charge on any atom is -0.410 e. The normalized spacial score (nSPS) is 26.5. The highest BCUT2D eigenvalue weighted by molar-refractivity contribution is 6.74. The number of hydrogen-bond acceptors (Lipinski definition) is 2. The van der Waals surface area contributed by atoms with E-state index >= 15 is 0 Å². The third-order valence-corrected chi connectivity index (χ3v) is 15.3. The van der Waals surface area contributed by atoms with Crippen molar-refractivity contribution in [3.8, 4) is 0 Å². The van der Waals surface area contributed by atoms with Gasteiger partial charge in [0.05, 0.1) is 12.2 Å². The van der Waals surface area contributed by atoms with Crippen LogP contribution in [-0.2, 0) is 8.85 Å². The van der Waals surface area contributed by atoms with Gasteiger partial charge in [0.25, 0.3) is 0 Å². The molecule has 0 N–H and O–H groups in total. The fourth-order valence-corrected chi connectivity index (χ4v) is 5.08. The minimum absolute atomic E-state index is 0.109. The summed E-state index contributed by atoms with van der Waals surface area (Å²) >= 11 is 0. The zero-order valence-corrected chi connectivity index (χ0v) is 19.9. The van der Waals surface area contributed by atoms with Crippen molar-refractivity contribution in [2.45, 2.75) is 96.9 Å². The minimum atomic E-state index is -1.83. The second kappa shape index (κ2) is 6.86. The first-order chi connectivity index (χ1) is 10.5. The molecule has 24 heavy (non-hydrogen) atoms. The quantitative estimate of drug-likeness (QED) is 0.514. The number of hydrogen-bond donors (Lipinski definition) is 0. The molecule has 0 spiro atoms. The summed E-state index contributed by atoms with van der Waals surface area (Å²) in [5, 5.41) is 0.421. The van der Waals surface area contributed by atoms with Gasteiger partial charge in [0.15, 0.2) is 16.6 Å². The van der Waals surface area contributed by atoms with E-state index in [1.54, 1.807) is 0 Å². The second-order valence-electron chi connectivity index (χ2n) is 10.4. The third kappa shape index (κ3) is 4.51. The van der Waals surface area contributed by atoms with Crippen molar-refractivity contribution in [1.29, 1.82) is 0 Å². The zero-order valence-electron chi connectivity index (χ0n) is 17.9. The highest BCUT2D eigenvalue weighted by Crippen LogP contribution is 2.44. The van der Waals surface area contributed by atoms with Gasteiger partial charge < -0.3 is 8.85 Å². The smallest absolute Gasteiger partial charge is 0.192 e. The average Bonchev–Trinajstić information content (AvgIpc) is 2.63. The van der Waals surface area contributed by atoms with Gasteiger partial charge in [-0.25, -0.2) is 0 Å². The molecule has 0 saturated carbocycles. The predicted octanol–water partition coefficient (Wildman–Crippen LogP) is 6.53. The van der Waals surface area contributed by atoms with E-state index in [1.807, 2.05) is 6.08 Å². The molecule has 4 heteroatoms. The van der Waals surface area contributed by atoms with Gasteiger partial charge in [0, 0.05) is 5.92 Å². The van der Waals surface area contributed by atoms with E-state index in [0.29, 0.717) is 5.92 Å². The largest absolute Gasteiger partial charge is 0.410 e.